The molecule has 2 N–H and O–H groups in total. The minimum atomic E-state index is -5.24. The first-order chi connectivity index (χ1) is 13.6. The summed E-state index contributed by atoms with van der Waals surface area (Å²) < 4.78 is 61.4. The molecule has 0 aromatic rings. The molecule has 2 rings (SSSR count). The van der Waals surface area contributed by atoms with Gasteiger partial charge in [0.05, 0.1) is 0 Å². The molecule has 2 heterocycles. The Morgan fingerprint density at radius 3 is 2.20 bits per heavy atom. The maximum Gasteiger partial charge on any atom is 0.511 e. The lowest BCUT2D eigenvalue weighted by atomic mass is 10.1. The fourth-order valence-corrected chi connectivity index (χ4v) is 4.50. The van der Waals surface area contributed by atoms with E-state index in [2.05, 4.69) is 32.5 Å². The van der Waals surface area contributed by atoms with Crippen molar-refractivity contribution in [1.82, 2.24) is 24.7 Å². The van der Waals surface area contributed by atoms with Crippen LogP contribution in [0.3, 0.4) is 0 Å². The lowest BCUT2D eigenvalue weighted by molar-refractivity contribution is -0.0494. The highest BCUT2D eigenvalue weighted by Crippen LogP contribution is 2.28. The fourth-order valence-electron chi connectivity index (χ4n) is 3.51. The predicted molar refractivity (Wildman–Crippen MR) is 123 cm³/mol. The number of sulfonamides is 1. The Bertz CT molecular complexity index is 634. The molecule has 2 fully saturated rings. The second kappa shape index (κ2) is 12.6. The van der Waals surface area contributed by atoms with Crippen LogP contribution < -0.4 is 10.6 Å². The molecule has 178 valence electrons. The number of likely N-dealkylation sites (N-methyl/N-ethyl adjacent to an activating group) is 1. The summed E-state index contributed by atoms with van der Waals surface area (Å²) in [7, 11) is -1.46. The van der Waals surface area contributed by atoms with Crippen molar-refractivity contribution in [3.63, 3.8) is 0 Å². The molecular weight excluding hydrogens is 536 g/mol. The third-order valence-corrected chi connectivity index (χ3v) is 7.07. The van der Waals surface area contributed by atoms with E-state index in [1.165, 1.54) is 0 Å². The summed E-state index contributed by atoms with van der Waals surface area (Å²) in [5.41, 5.74) is -5.24. The maximum absolute atomic E-state index is 12.6. The van der Waals surface area contributed by atoms with Crippen molar-refractivity contribution in [2.75, 3.05) is 66.5 Å². The first kappa shape index (κ1) is 27.7. The quantitative estimate of drug-likeness (QED) is 0.207. The van der Waals surface area contributed by atoms with Gasteiger partial charge in [-0.2, -0.15) is 17.5 Å². The highest BCUT2D eigenvalue weighted by Gasteiger charge is 2.50. The molecule has 0 bridgehead atoms. The van der Waals surface area contributed by atoms with Crippen LogP contribution in [0.4, 0.5) is 13.2 Å². The molecule has 0 amide bonds. The van der Waals surface area contributed by atoms with Gasteiger partial charge in [-0.25, -0.2) is 8.42 Å². The number of hydrogen-bond acceptors (Lipinski definition) is 5. The lowest BCUT2D eigenvalue weighted by Gasteiger charge is -2.32. The molecule has 0 aromatic heterocycles. The van der Waals surface area contributed by atoms with E-state index in [1.807, 2.05) is 0 Å². The Hall–Kier alpha value is -0.380. The summed E-state index contributed by atoms with van der Waals surface area (Å²) in [6.45, 7) is 5.97. The number of hydrogen-bond donors (Lipinski definition) is 2. The smallest absolute Gasteiger partial charge is 0.356 e. The highest BCUT2D eigenvalue weighted by molar-refractivity contribution is 14.0. The van der Waals surface area contributed by atoms with E-state index in [9.17, 15) is 21.6 Å². The molecule has 0 aliphatic carbocycles. The minimum Gasteiger partial charge on any atom is -0.356 e. The summed E-state index contributed by atoms with van der Waals surface area (Å²) >= 11 is 0. The van der Waals surface area contributed by atoms with Gasteiger partial charge in [-0.1, -0.05) is 0 Å². The summed E-state index contributed by atoms with van der Waals surface area (Å²) in [5.74, 6) is 0.599. The Kier molecular flexibility index (Phi) is 11.6. The summed E-state index contributed by atoms with van der Waals surface area (Å²) in [6, 6.07) is -0.105. The van der Waals surface area contributed by atoms with Crippen molar-refractivity contribution in [1.29, 1.82) is 0 Å². The Morgan fingerprint density at radius 2 is 1.67 bits per heavy atom. The van der Waals surface area contributed by atoms with Gasteiger partial charge in [-0.3, -0.25) is 4.99 Å². The summed E-state index contributed by atoms with van der Waals surface area (Å²) in [4.78, 5) is 8.95. The number of alkyl halides is 3. The van der Waals surface area contributed by atoms with Gasteiger partial charge in [-0.15, -0.1) is 24.0 Å². The third-order valence-electron chi connectivity index (χ3n) is 5.44. The molecule has 0 saturated carbocycles. The molecule has 30 heavy (non-hydrogen) atoms. The molecule has 0 spiro atoms. The second-order valence-corrected chi connectivity index (χ2v) is 9.55. The van der Waals surface area contributed by atoms with Crippen LogP contribution in [0.25, 0.3) is 0 Å². The Balaban J connectivity index is 0.00000450. The molecule has 13 heteroatoms. The average Bonchev–Trinajstić information content (AvgIpc) is 2.67. The van der Waals surface area contributed by atoms with Gasteiger partial charge < -0.3 is 20.4 Å². The van der Waals surface area contributed by atoms with Crippen molar-refractivity contribution in [3.05, 3.63) is 0 Å². The first-order valence-corrected chi connectivity index (χ1v) is 11.5. The van der Waals surface area contributed by atoms with E-state index in [0.29, 0.717) is 23.1 Å². The molecule has 2 aliphatic heterocycles. The number of guanidine groups is 1. The SMILES string of the molecule is CN=C(NCCCCN1CCN(C)CC1)NC1CCN(S(=O)(=O)C(F)(F)F)CC1.I. The van der Waals surface area contributed by atoms with Gasteiger partial charge in [0.1, 0.15) is 0 Å². The normalized spacial score (nSPS) is 21.3. The van der Waals surface area contributed by atoms with Crippen LogP contribution in [0.2, 0.25) is 0 Å². The van der Waals surface area contributed by atoms with E-state index < -0.39 is 15.5 Å². The lowest BCUT2D eigenvalue weighted by Crippen LogP contribution is -2.51. The van der Waals surface area contributed by atoms with Crippen LogP contribution >= 0.6 is 24.0 Å². The first-order valence-electron chi connectivity index (χ1n) is 10.1. The molecular formula is C17H34F3IN6O2S. The molecule has 0 aromatic carbocycles. The molecule has 2 saturated heterocycles. The van der Waals surface area contributed by atoms with Crippen LogP contribution in [0.15, 0.2) is 4.99 Å². The zero-order chi connectivity index (χ0) is 21.5. The number of piperidine rings is 1. The molecule has 2 aliphatic rings. The number of unbranched alkanes of at least 4 members (excludes halogenated alkanes) is 1. The average molecular weight is 570 g/mol. The van der Waals surface area contributed by atoms with Crippen LogP contribution in [-0.2, 0) is 10.0 Å². The molecule has 0 radical (unpaired) electrons. The van der Waals surface area contributed by atoms with Gasteiger partial charge >= 0.3 is 15.5 Å². The van der Waals surface area contributed by atoms with E-state index in [0.717, 1.165) is 52.1 Å². The van der Waals surface area contributed by atoms with Crippen LogP contribution in [0.1, 0.15) is 25.7 Å². The number of piperazine rings is 1. The maximum atomic E-state index is 12.6. The standard InChI is InChI=1S/C17H33F3N6O2S.HI/c1-21-16(22-7-3-4-8-25-13-11-24(2)12-14-25)23-15-5-9-26(10-6-15)29(27,28)17(18,19)20;/h15H,3-14H2,1-2H3,(H2,21,22,23);1H. The van der Waals surface area contributed by atoms with Gasteiger partial charge in [-0.05, 0) is 39.3 Å². The fraction of sp³-hybridized carbons (Fsp3) is 0.941. The van der Waals surface area contributed by atoms with E-state index in [4.69, 9.17) is 0 Å². The monoisotopic (exact) mass is 570 g/mol. The van der Waals surface area contributed by atoms with Crippen molar-refractivity contribution in [2.45, 2.75) is 37.2 Å². The number of halogens is 4. The van der Waals surface area contributed by atoms with Gasteiger partial charge in [0.25, 0.3) is 0 Å². The van der Waals surface area contributed by atoms with Gasteiger partial charge in [0, 0.05) is 58.9 Å². The van der Waals surface area contributed by atoms with Crippen molar-refractivity contribution >= 4 is 40.0 Å². The number of aliphatic imine (C=N–C) groups is 1. The number of rotatable bonds is 7. The van der Waals surface area contributed by atoms with Crippen molar-refractivity contribution in [3.8, 4) is 0 Å². The van der Waals surface area contributed by atoms with Gasteiger partial charge in [0.15, 0.2) is 5.96 Å². The zero-order valence-electron chi connectivity index (χ0n) is 17.6. The molecule has 8 nitrogen and oxygen atoms in total. The van der Waals surface area contributed by atoms with E-state index in [1.54, 1.807) is 7.05 Å². The van der Waals surface area contributed by atoms with E-state index >= 15 is 0 Å². The Morgan fingerprint density at radius 1 is 1.07 bits per heavy atom. The molecule has 0 unspecified atom stereocenters. The summed E-state index contributed by atoms with van der Waals surface area (Å²) in [5, 5.41) is 6.41. The number of nitrogens with one attached hydrogen (secondary N) is 2. The predicted octanol–water partition coefficient (Wildman–Crippen LogP) is 1.11. The van der Waals surface area contributed by atoms with E-state index in [-0.39, 0.29) is 43.1 Å². The minimum absolute atomic E-state index is 0. The summed E-state index contributed by atoms with van der Waals surface area (Å²) in [6.07, 6.45) is 2.69. The second-order valence-electron chi connectivity index (χ2n) is 7.62. The van der Waals surface area contributed by atoms with Crippen LogP contribution in [0, 0.1) is 0 Å². The van der Waals surface area contributed by atoms with Crippen LogP contribution in [0.5, 0.6) is 0 Å². The Labute approximate surface area is 194 Å². The van der Waals surface area contributed by atoms with Gasteiger partial charge in [0.2, 0.25) is 0 Å². The van der Waals surface area contributed by atoms with Crippen molar-refractivity contribution < 1.29 is 21.6 Å². The largest absolute Gasteiger partial charge is 0.511 e. The van der Waals surface area contributed by atoms with Crippen LogP contribution in [-0.4, -0.2) is 106 Å². The topological polar surface area (TPSA) is 80.3 Å². The number of nitrogens with zero attached hydrogens (tertiary/aromatic N) is 4. The highest BCUT2D eigenvalue weighted by atomic mass is 127. The zero-order valence-corrected chi connectivity index (χ0v) is 20.8. The third kappa shape index (κ3) is 8.28. The van der Waals surface area contributed by atoms with Crippen molar-refractivity contribution in [2.24, 2.45) is 4.99 Å². The molecule has 0 atom stereocenters.